The first-order chi connectivity index (χ1) is 9.16. The van der Waals surface area contributed by atoms with Gasteiger partial charge in [-0.05, 0) is 46.7 Å². The molecule has 19 heavy (non-hydrogen) atoms. The van der Waals surface area contributed by atoms with E-state index in [9.17, 15) is 0 Å². The van der Waals surface area contributed by atoms with Crippen LogP contribution in [0.3, 0.4) is 0 Å². The highest BCUT2D eigenvalue weighted by Crippen LogP contribution is 2.11. The average molecular weight is 269 g/mol. The first-order valence-corrected chi connectivity index (χ1v) is 7.97. The summed E-state index contributed by atoms with van der Waals surface area (Å²) in [7, 11) is 0. The lowest BCUT2D eigenvalue weighted by Crippen LogP contribution is -2.50. The van der Waals surface area contributed by atoms with E-state index in [0.717, 1.165) is 32.8 Å². The topological polar surface area (TPSA) is 27.7 Å². The van der Waals surface area contributed by atoms with Crippen LogP contribution in [0.25, 0.3) is 0 Å². The molecule has 2 atom stereocenters. The Bertz CT molecular complexity index is 254. The largest absolute Gasteiger partial charge is 0.374 e. The molecule has 4 heteroatoms. The molecular weight excluding hydrogens is 238 g/mol. The first-order valence-electron chi connectivity index (χ1n) is 7.97. The monoisotopic (exact) mass is 269 g/mol. The van der Waals surface area contributed by atoms with E-state index in [4.69, 9.17) is 4.74 Å². The van der Waals surface area contributed by atoms with Gasteiger partial charge < -0.3 is 10.1 Å². The Morgan fingerprint density at radius 1 is 1.11 bits per heavy atom. The fourth-order valence-corrected chi connectivity index (χ4v) is 3.10. The lowest BCUT2D eigenvalue weighted by molar-refractivity contribution is -0.0374. The Hall–Kier alpha value is -0.160. The van der Waals surface area contributed by atoms with Gasteiger partial charge in [0, 0.05) is 38.3 Å². The third-order valence-electron chi connectivity index (χ3n) is 4.48. The van der Waals surface area contributed by atoms with Crippen LogP contribution in [0.5, 0.6) is 0 Å². The number of morpholine rings is 1. The van der Waals surface area contributed by atoms with Gasteiger partial charge in [0.25, 0.3) is 0 Å². The standard InChI is InChI=1S/C15H31N3O/c1-13(2)18-8-9-19-15(12-18)11-16-10-14(3)17-6-4-5-7-17/h13-16H,4-12H2,1-3H3. The van der Waals surface area contributed by atoms with E-state index in [-0.39, 0.29) is 0 Å². The van der Waals surface area contributed by atoms with Crippen LogP contribution in [-0.2, 0) is 4.74 Å². The van der Waals surface area contributed by atoms with Gasteiger partial charge in [0.15, 0.2) is 0 Å². The number of nitrogens with one attached hydrogen (secondary N) is 1. The number of ether oxygens (including phenoxy) is 1. The number of hydrogen-bond acceptors (Lipinski definition) is 4. The van der Waals surface area contributed by atoms with E-state index >= 15 is 0 Å². The van der Waals surface area contributed by atoms with E-state index < -0.39 is 0 Å². The molecule has 2 saturated heterocycles. The van der Waals surface area contributed by atoms with E-state index in [1.165, 1.54) is 25.9 Å². The van der Waals surface area contributed by atoms with Crippen molar-refractivity contribution in [3.05, 3.63) is 0 Å². The van der Waals surface area contributed by atoms with Crippen molar-refractivity contribution in [2.24, 2.45) is 0 Å². The Morgan fingerprint density at radius 3 is 2.53 bits per heavy atom. The molecule has 2 aliphatic rings. The van der Waals surface area contributed by atoms with Gasteiger partial charge in [-0.2, -0.15) is 0 Å². The van der Waals surface area contributed by atoms with E-state index in [0.29, 0.717) is 18.2 Å². The average Bonchev–Trinajstić information content (AvgIpc) is 2.93. The van der Waals surface area contributed by atoms with Crippen molar-refractivity contribution in [1.82, 2.24) is 15.1 Å². The Morgan fingerprint density at radius 2 is 1.84 bits per heavy atom. The molecule has 2 heterocycles. The third kappa shape index (κ3) is 4.71. The lowest BCUT2D eigenvalue weighted by Gasteiger charge is -2.36. The number of likely N-dealkylation sites (tertiary alicyclic amines) is 1. The predicted molar refractivity (Wildman–Crippen MR) is 79.6 cm³/mol. The highest BCUT2D eigenvalue weighted by Gasteiger charge is 2.22. The normalized spacial score (nSPS) is 28.1. The van der Waals surface area contributed by atoms with Crippen LogP contribution in [0.2, 0.25) is 0 Å². The van der Waals surface area contributed by atoms with Crippen molar-refractivity contribution in [1.29, 1.82) is 0 Å². The van der Waals surface area contributed by atoms with Gasteiger partial charge in [-0.1, -0.05) is 0 Å². The summed E-state index contributed by atoms with van der Waals surface area (Å²) in [5, 5.41) is 3.60. The number of rotatable bonds is 6. The second-order valence-electron chi connectivity index (χ2n) is 6.33. The molecule has 0 bridgehead atoms. The van der Waals surface area contributed by atoms with Crippen molar-refractivity contribution in [2.45, 2.75) is 51.8 Å². The van der Waals surface area contributed by atoms with Crippen molar-refractivity contribution in [3.8, 4) is 0 Å². The van der Waals surface area contributed by atoms with Gasteiger partial charge in [-0.3, -0.25) is 9.80 Å². The van der Waals surface area contributed by atoms with Gasteiger partial charge in [-0.25, -0.2) is 0 Å². The Kier molecular flexibility index (Phi) is 6.07. The molecule has 112 valence electrons. The minimum atomic E-state index is 0.363. The lowest BCUT2D eigenvalue weighted by atomic mass is 10.2. The molecule has 2 fully saturated rings. The highest BCUT2D eigenvalue weighted by molar-refractivity contribution is 4.78. The van der Waals surface area contributed by atoms with Crippen molar-refractivity contribution in [3.63, 3.8) is 0 Å². The molecule has 0 aromatic heterocycles. The SMILES string of the molecule is CC(C)N1CCOC(CNCC(C)N2CCCC2)C1. The fourth-order valence-electron chi connectivity index (χ4n) is 3.10. The molecule has 0 aliphatic carbocycles. The van der Waals surface area contributed by atoms with Gasteiger partial charge in [-0.15, -0.1) is 0 Å². The third-order valence-corrected chi connectivity index (χ3v) is 4.48. The maximum atomic E-state index is 5.85. The summed E-state index contributed by atoms with van der Waals surface area (Å²) in [6.45, 7) is 14.5. The predicted octanol–water partition coefficient (Wildman–Crippen LogP) is 1.17. The second-order valence-corrected chi connectivity index (χ2v) is 6.33. The van der Waals surface area contributed by atoms with Crippen molar-refractivity contribution < 1.29 is 4.74 Å². The van der Waals surface area contributed by atoms with E-state index in [1.54, 1.807) is 0 Å². The molecule has 0 amide bonds. The zero-order valence-corrected chi connectivity index (χ0v) is 12.9. The minimum absolute atomic E-state index is 0.363. The van der Waals surface area contributed by atoms with Gasteiger partial charge in [0.2, 0.25) is 0 Å². The summed E-state index contributed by atoms with van der Waals surface area (Å²) in [5.74, 6) is 0. The molecule has 0 aromatic carbocycles. The summed E-state index contributed by atoms with van der Waals surface area (Å²) in [5.41, 5.74) is 0. The van der Waals surface area contributed by atoms with E-state index in [1.807, 2.05) is 0 Å². The van der Waals surface area contributed by atoms with Crippen LogP contribution < -0.4 is 5.32 Å². The van der Waals surface area contributed by atoms with E-state index in [2.05, 4.69) is 35.9 Å². The van der Waals surface area contributed by atoms with Crippen LogP contribution in [0.4, 0.5) is 0 Å². The van der Waals surface area contributed by atoms with Crippen molar-refractivity contribution in [2.75, 3.05) is 45.9 Å². The molecule has 0 radical (unpaired) electrons. The summed E-state index contributed by atoms with van der Waals surface area (Å²) in [6.07, 6.45) is 3.11. The number of nitrogens with zero attached hydrogens (tertiary/aromatic N) is 2. The highest BCUT2D eigenvalue weighted by atomic mass is 16.5. The van der Waals surface area contributed by atoms with Gasteiger partial charge in [0.1, 0.15) is 0 Å². The molecule has 4 nitrogen and oxygen atoms in total. The maximum absolute atomic E-state index is 5.85. The summed E-state index contributed by atoms with van der Waals surface area (Å²) >= 11 is 0. The molecule has 0 aromatic rings. The fraction of sp³-hybridized carbons (Fsp3) is 1.00. The smallest absolute Gasteiger partial charge is 0.0826 e. The van der Waals surface area contributed by atoms with Crippen LogP contribution in [0.15, 0.2) is 0 Å². The first kappa shape index (κ1) is 15.2. The van der Waals surface area contributed by atoms with Crippen LogP contribution in [0.1, 0.15) is 33.6 Å². The molecule has 2 unspecified atom stereocenters. The number of hydrogen-bond donors (Lipinski definition) is 1. The summed E-state index contributed by atoms with van der Waals surface area (Å²) in [6, 6.07) is 1.29. The Labute approximate surface area is 118 Å². The zero-order chi connectivity index (χ0) is 13.7. The molecule has 0 spiro atoms. The van der Waals surface area contributed by atoms with Crippen LogP contribution in [0, 0.1) is 0 Å². The zero-order valence-electron chi connectivity index (χ0n) is 12.9. The van der Waals surface area contributed by atoms with Crippen LogP contribution in [-0.4, -0.2) is 73.9 Å². The molecule has 2 rings (SSSR count). The Balaban J connectivity index is 1.62. The molecule has 1 N–H and O–H groups in total. The van der Waals surface area contributed by atoms with Crippen LogP contribution >= 0.6 is 0 Å². The second kappa shape index (κ2) is 7.58. The van der Waals surface area contributed by atoms with Gasteiger partial charge >= 0.3 is 0 Å². The summed E-state index contributed by atoms with van der Waals surface area (Å²) < 4.78 is 5.85. The maximum Gasteiger partial charge on any atom is 0.0826 e. The molecule has 0 saturated carbocycles. The quantitative estimate of drug-likeness (QED) is 0.783. The van der Waals surface area contributed by atoms with Crippen molar-refractivity contribution >= 4 is 0 Å². The minimum Gasteiger partial charge on any atom is -0.374 e. The molecule has 2 aliphatic heterocycles. The van der Waals surface area contributed by atoms with Gasteiger partial charge in [0.05, 0.1) is 12.7 Å². The molecular formula is C15H31N3O. The summed E-state index contributed by atoms with van der Waals surface area (Å²) in [4.78, 5) is 5.11.